The maximum atomic E-state index is 12.1. The molecule has 0 aliphatic heterocycles. The minimum Gasteiger partial charge on any atom is -0.481 e. The molecule has 0 fully saturated rings. The molecule has 0 aromatic heterocycles. The van der Waals surface area contributed by atoms with E-state index in [9.17, 15) is 14.2 Å². The average Bonchev–Trinajstić information content (AvgIpc) is 2.67. The summed E-state index contributed by atoms with van der Waals surface area (Å²) in [5.74, 6) is -0.619. The van der Waals surface area contributed by atoms with Crippen molar-refractivity contribution >= 4 is 26.1 Å². The highest BCUT2D eigenvalue weighted by Crippen LogP contribution is 2.25. The molecule has 0 saturated heterocycles. The number of carbonyl (C=O) groups is 2. The van der Waals surface area contributed by atoms with E-state index in [2.05, 4.69) is 4.52 Å². The minimum absolute atomic E-state index is 0.0653. The Kier molecular flexibility index (Phi) is 8.33. The third kappa shape index (κ3) is 7.12. The SMILES string of the molecule is CCCC(=O)c1ccccc1OCC(=O)O[PH](=O)OC=Cc1ccccc1. The highest BCUT2D eigenvalue weighted by Gasteiger charge is 2.14. The second kappa shape index (κ2) is 11.0. The highest BCUT2D eigenvalue weighted by molar-refractivity contribution is 7.34. The third-order valence-electron chi connectivity index (χ3n) is 3.43. The van der Waals surface area contributed by atoms with Gasteiger partial charge in [0.2, 0.25) is 0 Å². The molecule has 0 spiro atoms. The first kappa shape index (κ1) is 20.5. The van der Waals surface area contributed by atoms with Gasteiger partial charge in [0.1, 0.15) is 5.75 Å². The molecule has 0 saturated carbocycles. The van der Waals surface area contributed by atoms with Gasteiger partial charge in [-0.2, -0.15) is 0 Å². The summed E-state index contributed by atoms with van der Waals surface area (Å²) in [6.07, 6.45) is 3.91. The van der Waals surface area contributed by atoms with Crippen molar-refractivity contribution in [2.45, 2.75) is 19.8 Å². The summed E-state index contributed by atoms with van der Waals surface area (Å²) < 4.78 is 26.6. The van der Waals surface area contributed by atoms with Gasteiger partial charge in [0.15, 0.2) is 12.4 Å². The first-order chi connectivity index (χ1) is 13.1. The lowest BCUT2D eigenvalue weighted by atomic mass is 10.1. The normalized spacial score (nSPS) is 11.7. The largest absolute Gasteiger partial charge is 0.481 e. The maximum Gasteiger partial charge on any atom is 0.420 e. The maximum absolute atomic E-state index is 12.1. The Labute approximate surface area is 158 Å². The van der Waals surface area contributed by atoms with E-state index < -0.39 is 20.8 Å². The lowest BCUT2D eigenvalue weighted by Gasteiger charge is -2.10. The molecule has 142 valence electrons. The number of hydrogen-bond donors (Lipinski definition) is 0. The molecule has 0 aliphatic carbocycles. The van der Waals surface area contributed by atoms with E-state index >= 15 is 0 Å². The molecule has 0 amide bonds. The number of hydrogen-bond acceptors (Lipinski definition) is 6. The number of rotatable bonds is 10. The predicted octanol–water partition coefficient (Wildman–Crippen LogP) is 4.67. The van der Waals surface area contributed by atoms with Gasteiger partial charge in [-0.05, 0) is 30.2 Å². The van der Waals surface area contributed by atoms with Crippen LogP contribution in [0.3, 0.4) is 0 Å². The number of para-hydroxylation sites is 1. The van der Waals surface area contributed by atoms with Gasteiger partial charge < -0.3 is 13.8 Å². The van der Waals surface area contributed by atoms with Crippen molar-refractivity contribution in [3.05, 3.63) is 72.0 Å². The van der Waals surface area contributed by atoms with Crippen molar-refractivity contribution in [3.8, 4) is 5.75 Å². The van der Waals surface area contributed by atoms with Crippen molar-refractivity contribution in [2.24, 2.45) is 0 Å². The van der Waals surface area contributed by atoms with Crippen LogP contribution in [0.2, 0.25) is 0 Å². The fourth-order valence-electron chi connectivity index (χ4n) is 2.20. The number of benzene rings is 2. The number of carbonyl (C=O) groups excluding carboxylic acids is 2. The molecule has 6 nitrogen and oxygen atoms in total. The van der Waals surface area contributed by atoms with E-state index in [0.29, 0.717) is 18.4 Å². The molecule has 0 radical (unpaired) electrons. The predicted molar refractivity (Wildman–Crippen MR) is 103 cm³/mol. The Morgan fingerprint density at radius 3 is 2.48 bits per heavy atom. The van der Waals surface area contributed by atoms with E-state index in [4.69, 9.17) is 9.26 Å². The van der Waals surface area contributed by atoms with Crippen LogP contribution in [0.5, 0.6) is 5.75 Å². The van der Waals surface area contributed by atoms with E-state index in [-0.39, 0.29) is 11.5 Å². The Hall–Kier alpha value is -2.85. The van der Waals surface area contributed by atoms with Gasteiger partial charge in [-0.15, -0.1) is 0 Å². The molecule has 0 heterocycles. The topological polar surface area (TPSA) is 78.9 Å². The highest BCUT2D eigenvalue weighted by atomic mass is 31.1. The van der Waals surface area contributed by atoms with Gasteiger partial charge in [0, 0.05) is 6.42 Å². The van der Waals surface area contributed by atoms with Crippen molar-refractivity contribution in [1.29, 1.82) is 0 Å². The van der Waals surface area contributed by atoms with Crippen LogP contribution in [-0.4, -0.2) is 18.4 Å². The number of ketones is 1. The molecule has 2 rings (SSSR count). The van der Waals surface area contributed by atoms with E-state index in [0.717, 1.165) is 5.56 Å². The second-order valence-corrected chi connectivity index (χ2v) is 6.45. The Morgan fingerprint density at radius 2 is 1.74 bits per heavy atom. The monoisotopic (exact) mass is 388 g/mol. The van der Waals surface area contributed by atoms with Crippen LogP contribution >= 0.6 is 8.25 Å². The van der Waals surface area contributed by atoms with Crippen molar-refractivity contribution < 1.29 is 27.9 Å². The summed E-state index contributed by atoms with van der Waals surface area (Å²) in [6.45, 7) is 1.43. The standard InChI is InChI=1S/C20H21O6P/c1-2-8-18(21)17-11-6-7-12-19(17)24-15-20(22)26-27(23)25-14-13-16-9-4-3-5-10-16/h3-7,9-14,27H,2,8,15H2,1H3. The summed E-state index contributed by atoms with van der Waals surface area (Å²) in [4.78, 5) is 23.8. The zero-order valence-corrected chi connectivity index (χ0v) is 15.9. The van der Waals surface area contributed by atoms with Crippen LogP contribution in [0.25, 0.3) is 6.08 Å². The quantitative estimate of drug-likeness (QED) is 0.334. The zero-order chi connectivity index (χ0) is 19.5. The first-order valence-corrected chi connectivity index (χ1v) is 9.70. The lowest BCUT2D eigenvalue weighted by molar-refractivity contribution is -0.136. The Morgan fingerprint density at radius 1 is 1.04 bits per heavy atom. The Bertz CT molecular complexity index is 816. The van der Waals surface area contributed by atoms with Gasteiger partial charge >= 0.3 is 14.2 Å². The summed E-state index contributed by atoms with van der Waals surface area (Å²) in [5.41, 5.74) is 1.26. The van der Waals surface area contributed by atoms with Gasteiger partial charge in [-0.25, -0.2) is 9.36 Å². The van der Waals surface area contributed by atoms with E-state index in [1.165, 1.54) is 6.26 Å². The first-order valence-electron chi connectivity index (χ1n) is 8.48. The average molecular weight is 388 g/mol. The van der Waals surface area contributed by atoms with Crippen LogP contribution in [0.15, 0.2) is 60.9 Å². The number of ether oxygens (including phenoxy) is 1. The summed E-state index contributed by atoms with van der Waals surface area (Å²) in [6, 6.07) is 15.9. The minimum atomic E-state index is -3.03. The summed E-state index contributed by atoms with van der Waals surface area (Å²) in [5, 5.41) is 0. The molecule has 0 N–H and O–H groups in total. The van der Waals surface area contributed by atoms with Crippen LogP contribution < -0.4 is 4.74 Å². The van der Waals surface area contributed by atoms with Crippen LogP contribution in [0.4, 0.5) is 0 Å². The molecule has 0 aliphatic rings. The molecule has 1 unspecified atom stereocenters. The summed E-state index contributed by atoms with van der Waals surface area (Å²) in [7, 11) is -3.03. The smallest absolute Gasteiger partial charge is 0.420 e. The second-order valence-electron chi connectivity index (χ2n) is 5.51. The van der Waals surface area contributed by atoms with Crippen LogP contribution in [0, 0.1) is 0 Å². The van der Waals surface area contributed by atoms with Crippen molar-refractivity contribution in [2.75, 3.05) is 6.61 Å². The lowest BCUT2D eigenvalue weighted by Crippen LogP contribution is -2.13. The molecule has 0 bridgehead atoms. The van der Waals surface area contributed by atoms with Gasteiger partial charge in [0.25, 0.3) is 0 Å². The zero-order valence-electron chi connectivity index (χ0n) is 14.9. The molecule has 2 aromatic rings. The van der Waals surface area contributed by atoms with Gasteiger partial charge in [0.05, 0.1) is 11.8 Å². The van der Waals surface area contributed by atoms with Crippen molar-refractivity contribution in [1.82, 2.24) is 0 Å². The van der Waals surface area contributed by atoms with Crippen LogP contribution in [-0.2, 0) is 18.4 Å². The molecule has 27 heavy (non-hydrogen) atoms. The summed E-state index contributed by atoms with van der Waals surface area (Å²) >= 11 is 0. The fraction of sp³-hybridized carbons (Fsp3) is 0.200. The number of Topliss-reactive ketones (excluding diaryl/α,β-unsaturated/α-hetero) is 1. The van der Waals surface area contributed by atoms with Gasteiger partial charge in [-0.3, -0.25) is 4.79 Å². The molecule has 7 heteroatoms. The molecular formula is C20H21O6P. The fourth-order valence-corrected chi connectivity index (χ4v) is 2.67. The third-order valence-corrected chi connectivity index (χ3v) is 4.15. The molecular weight excluding hydrogens is 367 g/mol. The van der Waals surface area contributed by atoms with Crippen molar-refractivity contribution in [3.63, 3.8) is 0 Å². The molecule has 1 atom stereocenters. The van der Waals surface area contributed by atoms with Gasteiger partial charge in [-0.1, -0.05) is 49.4 Å². The van der Waals surface area contributed by atoms with Crippen LogP contribution in [0.1, 0.15) is 35.7 Å². The van der Waals surface area contributed by atoms with E-state index in [1.54, 1.807) is 30.3 Å². The molecule has 2 aromatic carbocycles. The van der Waals surface area contributed by atoms with E-state index in [1.807, 2.05) is 37.3 Å². The Balaban J connectivity index is 1.81.